The molecule has 0 radical (unpaired) electrons. The number of nitrogens with one attached hydrogen (secondary N) is 1. The Morgan fingerprint density at radius 3 is 2.83 bits per heavy atom. The summed E-state index contributed by atoms with van der Waals surface area (Å²) in [5.74, 6) is 1.88. The number of rotatable bonds is 2. The smallest absolute Gasteiger partial charge is 0.229 e. The van der Waals surface area contributed by atoms with Crippen molar-refractivity contribution < 1.29 is 14.3 Å². The zero-order chi connectivity index (χ0) is 16.0. The first-order valence-corrected chi connectivity index (χ1v) is 8.60. The second-order valence-corrected chi connectivity index (χ2v) is 7.26. The van der Waals surface area contributed by atoms with Crippen LogP contribution in [-0.4, -0.2) is 24.2 Å². The topological polar surface area (TPSA) is 73.6 Å². The number of nitrogens with two attached hydrogens (primary N) is 1. The van der Waals surface area contributed by atoms with Gasteiger partial charge in [0.25, 0.3) is 0 Å². The first kappa shape index (κ1) is 14.8. The molecule has 2 aliphatic heterocycles. The van der Waals surface area contributed by atoms with Gasteiger partial charge in [0.15, 0.2) is 17.6 Å². The Morgan fingerprint density at radius 1 is 1.26 bits per heavy atom. The molecule has 5 heteroatoms. The molecule has 1 saturated carbocycles. The fourth-order valence-corrected chi connectivity index (χ4v) is 4.13. The van der Waals surface area contributed by atoms with Gasteiger partial charge in [-0.2, -0.15) is 0 Å². The minimum Gasteiger partial charge on any atom is -0.486 e. The van der Waals surface area contributed by atoms with Crippen molar-refractivity contribution in [2.45, 2.75) is 57.1 Å². The van der Waals surface area contributed by atoms with Crippen molar-refractivity contribution in [3.63, 3.8) is 0 Å². The Kier molecular flexibility index (Phi) is 3.48. The van der Waals surface area contributed by atoms with E-state index in [2.05, 4.69) is 12.2 Å². The van der Waals surface area contributed by atoms with Gasteiger partial charge < -0.3 is 20.5 Å². The van der Waals surface area contributed by atoms with Crippen molar-refractivity contribution in [1.29, 1.82) is 0 Å². The van der Waals surface area contributed by atoms with Crippen LogP contribution in [0, 0.1) is 5.92 Å². The van der Waals surface area contributed by atoms with Crippen LogP contribution in [0.15, 0.2) is 12.1 Å². The molecule has 2 atom stereocenters. The number of hydrogen-bond acceptors (Lipinski definition) is 4. The zero-order valence-electron chi connectivity index (χ0n) is 13.6. The molecule has 0 saturated heterocycles. The van der Waals surface area contributed by atoms with E-state index in [-0.39, 0.29) is 12.0 Å². The molecule has 0 bridgehead atoms. The molecule has 3 N–H and O–H groups in total. The molecular weight excluding hydrogens is 292 g/mol. The minimum absolute atomic E-state index is 0.00177. The maximum Gasteiger partial charge on any atom is 0.229 e. The van der Waals surface area contributed by atoms with Crippen molar-refractivity contribution in [3.05, 3.63) is 17.7 Å². The average Bonchev–Trinajstić information content (AvgIpc) is 2.96. The summed E-state index contributed by atoms with van der Waals surface area (Å²) in [6.07, 6.45) is 6.28. The third kappa shape index (κ3) is 2.47. The van der Waals surface area contributed by atoms with Crippen LogP contribution >= 0.6 is 0 Å². The number of benzene rings is 1. The van der Waals surface area contributed by atoms with Crippen LogP contribution in [0.3, 0.4) is 0 Å². The van der Waals surface area contributed by atoms with E-state index in [1.807, 2.05) is 12.1 Å². The molecule has 1 aliphatic carbocycles. The molecule has 1 amide bonds. The van der Waals surface area contributed by atoms with E-state index in [4.69, 9.17) is 15.2 Å². The van der Waals surface area contributed by atoms with Crippen LogP contribution in [0.4, 0.5) is 5.69 Å². The first-order valence-electron chi connectivity index (χ1n) is 8.60. The molecular formula is C18H24N2O3. The van der Waals surface area contributed by atoms with E-state index in [0.717, 1.165) is 29.8 Å². The Hall–Kier alpha value is -1.75. The lowest BCUT2D eigenvalue weighted by atomic mass is 9.73. The number of carbonyl (C=O) groups excluding carboxylic acids is 1. The van der Waals surface area contributed by atoms with E-state index in [1.54, 1.807) is 0 Å². The standard InChI is InChI=1S/C18H24N2O3/c1-18(19,11-5-3-2-4-6-11)15-10-22-14-8-7-13-12(17(14)23-15)9-16(21)20-13/h7-8,11,15H,2-6,9-10,19H2,1H3,(H,20,21). The minimum atomic E-state index is -0.420. The monoisotopic (exact) mass is 316 g/mol. The lowest BCUT2D eigenvalue weighted by Gasteiger charge is -2.44. The summed E-state index contributed by atoms with van der Waals surface area (Å²) < 4.78 is 12.2. The number of ether oxygens (including phenoxy) is 2. The molecule has 2 heterocycles. The predicted octanol–water partition coefficient (Wildman–Crippen LogP) is 2.62. The molecule has 2 unspecified atom stereocenters. The third-order valence-corrected chi connectivity index (χ3v) is 5.66. The average molecular weight is 316 g/mol. The summed E-state index contributed by atoms with van der Waals surface area (Å²) in [6.45, 7) is 2.56. The molecule has 1 aromatic rings. The van der Waals surface area contributed by atoms with Gasteiger partial charge in [0.2, 0.25) is 5.91 Å². The van der Waals surface area contributed by atoms with Gasteiger partial charge in [-0.25, -0.2) is 0 Å². The molecule has 5 nitrogen and oxygen atoms in total. The quantitative estimate of drug-likeness (QED) is 0.879. The highest BCUT2D eigenvalue weighted by Gasteiger charge is 2.43. The Balaban J connectivity index is 1.61. The van der Waals surface area contributed by atoms with E-state index in [1.165, 1.54) is 19.3 Å². The summed E-state index contributed by atoms with van der Waals surface area (Å²) in [4.78, 5) is 11.7. The van der Waals surface area contributed by atoms with Gasteiger partial charge in [-0.15, -0.1) is 0 Å². The van der Waals surface area contributed by atoms with Gasteiger partial charge in [0, 0.05) is 11.3 Å². The molecule has 0 spiro atoms. The molecule has 124 valence electrons. The fraction of sp³-hybridized carbons (Fsp3) is 0.611. The molecule has 0 aromatic heterocycles. The van der Waals surface area contributed by atoms with Gasteiger partial charge in [0.1, 0.15) is 6.61 Å². The fourth-order valence-electron chi connectivity index (χ4n) is 4.13. The Bertz CT molecular complexity index is 635. The van der Waals surface area contributed by atoms with Crippen LogP contribution in [0.25, 0.3) is 0 Å². The summed E-state index contributed by atoms with van der Waals surface area (Å²) >= 11 is 0. The van der Waals surface area contributed by atoms with Crippen molar-refractivity contribution in [3.8, 4) is 11.5 Å². The van der Waals surface area contributed by atoms with Crippen molar-refractivity contribution in [1.82, 2.24) is 0 Å². The van der Waals surface area contributed by atoms with Gasteiger partial charge in [0.05, 0.1) is 12.0 Å². The van der Waals surface area contributed by atoms with E-state index >= 15 is 0 Å². The van der Waals surface area contributed by atoms with Gasteiger partial charge in [-0.3, -0.25) is 4.79 Å². The van der Waals surface area contributed by atoms with Crippen LogP contribution in [0.5, 0.6) is 11.5 Å². The number of carbonyl (C=O) groups is 1. The molecule has 1 aromatic carbocycles. The highest BCUT2D eigenvalue weighted by Crippen LogP contribution is 2.44. The Morgan fingerprint density at radius 2 is 2.04 bits per heavy atom. The van der Waals surface area contributed by atoms with E-state index in [9.17, 15) is 4.79 Å². The van der Waals surface area contributed by atoms with Gasteiger partial charge in [-0.1, -0.05) is 19.3 Å². The maximum absolute atomic E-state index is 11.7. The highest BCUT2D eigenvalue weighted by atomic mass is 16.6. The van der Waals surface area contributed by atoms with Crippen molar-refractivity contribution in [2.75, 3.05) is 11.9 Å². The summed E-state index contributed by atoms with van der Waals surface area (Å²) in [5, 5.41) is 2.86. The molecule has 23 heavy (non-hydrogen) atoms. The summed E-state index contributed by atoms with van der Waals surface area (Å²) in [6, 6.07) is 3.75. The highest BCUT2D eigenvalue weighted by molar-refractivity contribution is 6.00. The van der Waals surface area contributed by atoms with E-state index in [0.29, 0.717) is 24.7 Å². The third-order valence-electron chi connectivity index (χ3n) is 5.66. The first-order chi connectivity index (χ1) is 11.1. The maximum atomic E-state index is 11.7. The van der Waals surface area contributed by atoms with Gasteiger partial charge in [-0.05, 0) is 37.8 Å². The Labute approximate surface area is 136 Å². The van der Waals surface area contributed by atoms with Gasteiger partial charge >= 0.3 is 0 Å². The molecule has 1 fully saturated rings. The summed E-state index contributed by atoms with van der Waals surface area (Å²) in [7, 11) is 0. The van der Waals surface area contributed by atoms with Crippen LogP contribution in [-0.2, 0) is 11.2 Å². The summed E-state index contributed by atoms with van der Waals surface area (Å²) in [5.41, 5.74) is 8.02. The SMILES string of the molecule is CC(N)(C1CCCCC1)C1COc2ccc3c(c2O1)CC(=O)N3. The molecule has 3 aliphatic rings. The number of hydrogen-bond donors (Lipinski definition) is 2. The lowest BCUT2D eigenvalue weighted by molar-refractivity contribution is -0.115. The predicted molar refractivity (Wildman–Crippen MR) is 87.9 cm³/mol. The van der Waals surface area contributed by atoms with Crippen LogP contribution in [0.1, 0.15) is 44.6 Å². The number of fused-ring (bicyclic) bond motifs is 3. The van der Waals surface area contributed by atoms with Crippen molar-refractivity contribution >= 4 is 11.6 Å². The zero-order valence-corrected chi connectivity index (χ0v) is 13.6. The van der Waals surface area contributed by atoms with Crippen molar-refractivity contribution in [2.24, 2.45) is 11.7 Å². The van der Waals surface area contributed by atoms with Crippen LogP contribution in [0.2, 0.25) is 0 Å². The second kappa shape index (κ2) is 5.41. The number of amides is 1. The number of anilines is 1. The van der Waals surface area contributed by atoms with E-state index < -0.39 is 5.54 Å². The normalized spacial score (nSPS) is 26.3. The largest absolute Gasteiger partial charge is 0.486 e. The second-order valence-electron chi connectivity index (χ2n) is 7.26. The van der Waals surface area contributed by atoms with Crippen LogP contribution < -0.4 is 20.5 Å². The molecule has 4 rings (SSSR count). The lowest BCUT2D eigenvalue weighted by Crippen LogP contribution is -2.59.